The summed E-state index contributed by atoms with van der Waals surface area (Å²) in [6, 6.07) is 0. The number of rotatable bonds is 5. The number of aliphatic carboxylic acids is 1. The lowest BCUT2D eigenvalue weighted by Gasteiger charge is -2.13. The van der Waals surface area contributed by atoms with Crippen LogP contribution < -0.4 is 0 Å². The summed E-state index contributed by atoms with van der Waals surface area (Å²) in [5.41, 5.74) is -1.35. The van der Waals surface area contributed by atoms with Crippen molar-refractivity contribution in [3.8, 4) is 0 Å². The topological polar surface area (TPSA) is 83.8 Å². The van der Waals surface area contributed by atoms with Gasteiger partial charge in [-0.25, -0.2) is 4.79 Å². The maximum atomic E-state index is 10.6. The van der Waals surface area contributed by atoms with Crippen molar-refractivity contribution in [3.05, 3.63) is 0 Å². The number of unbranched alkanes of at least 4 members (excludes halogenated alkanes) is 1. The molecule has 16 heavy (non-hydrogen) atoms. The molecule has 0 saturated heterocycles. The largest absolute Gasteiger partial charge is 0.481 e. The van der Waals surface area contributed by atoms with E-state index in [1.54, 1.807) is 6.92 Å². The van der Waals surface area contributed by atoms with E-state index in [1.807, 2.05) is 6.92 Å². The van der Waals surface area contributed by atoms with Gasteiger partial charge in [0.2, 0.25) is 0 Å². The fraction of sp³-hybridized carbons (Fsp3) is 0.818. The van der Waals surface area contributed by atoms with Crippen LogP contribution in [-0.4, -0.2) is 34.4 Å². The first kappa shape index (κ1) is 17.3. The average molecular weight is 234 g/mol. The van der Waals surface area contributed by atoms with E-state index >= 15 is 0 Å². The minimum Gasteiger partial charge on any atom is -0.481 e. The Bertz CT molecular complexity index is 205. The minimum absolute atomic E-state index is 0.308. The predicted octanol–water partition coefficient (Wildman–Crippen LogP) is 1.58. The summed E-state index contributed by atoms with van der Waals surface area (Å²) < 4.78 is 4.52. The fourth-order valence-electron chi connectivity index (χ4n) is 0.636. The molecule has 0 unspecified atom stereocenters. The third-order valence-electron chi connectivity index (χ3n) is 1.52. The van der Waals surface area contributed by atoms with Gasteiger partial charge in [0, 0.05) is 6.42 Å². The second-order valence-corrected chi connectivity index (χ2v) is 3.78. The molecule has 0 aromatic carbocycles. The SMILES string of the molecule is CCCCC(=O)O.CCOC(=O)C(C)(C)O. The molecular formula is C11H22O5. The summed E-state index contributed by atoms with van der Waals surface area (Å²) in [6.07, 6.45) is 2.08. The summed E-state index contributed by atoms with van der Waals surface area (Å²) >= 11 is 0. The molecule has 0 spiro atoms. The minimum atomic E-state index is -1.35. The number of hydrogen-bond acceptors (Lipinski definition) is 4. The summed E-state index contributed by atoms with van der Waals surface area (Å²) in [7, 11) is 0. The second kappa shape index (κ2) is 9.15. The van der Waals surface area contributed by atoms with Crippen LogP contribution >= 0.6 is 0 Å². The predicted molar refractivity (Wildman–Crippen MR) is 60.1 cm³/mol. The zero-order chi connectivity index (χ0) is 13.2. The molecule has 0 heterocycles. The Morgan fingerprint density at radius 1 is 1.25 bits per heavy atom. The zero-order valence-electron chi connectivity index (χ0n) is 10.4. The molecule has 96 valence electrons. The molecule has 0 fully saturated rings. The molecule has 0 aromatic rings. The number of carboxylic acids is 1. The highest BCUT2D eigenvalue weighted by Gasteiger charge is 2.24. The molecule has 5 heteroatoms. The van der Waals surface area contributed by atoms with Gasteiger partial charge >= 0.3 is 11.9 Å². The number of carbonyl (C=O) groups excluding carboxylic acids is 1. The van der Waals surface area contributed by atoms with Crippen molar-refractivity contribution < 1.29 is 24.5 Å². The first-order chi connectivity index (χ1) is 7.25. The van der Waals surface area contributed by atoms with E-state index < -0.39 is 17.5 Å². The smallest absolute Gasteiger partial charge is 0.337 e. The van der Waals surface area contributed by atoms with Gasteiger partial charge in [-0.05, 0) is 27.2 Å². The number of carboxylic acid groups (broad SMARTS) is 1. The molecule has 2 N–H and O–H groups in total. The molecule has 0 rings (SSSR count). The van der Waals surface area contributed by atoms with Crippen LogP contribution in [0.1, 0.15) is 47.0 Å². The van der Waals surface area contributed by atoms with Crippen molar-refractivity contribution in [2.45, 2.75) is 52.6 Å². The Balaban J connectivity index is 0. The van der Waals surface area contributed by atoms with Crippen molar-refractivity contribution in [1.29, 1.82) is 0 Å². The molecule has 0 aromatic heterocycles. The van der Waals surface area contributed by atoms with Crippen molar-refractivity contribution in [3.63, 3.8) is 0 Å². The van der Waals surface area contributed by atoms with Crippen LogP contribution in [0.3, 0.4) is 0 Å². The highest BCUT2D eigenvalue weighted by molar-refractivity contribution is 5.78. The molecule has 0 aliphatic carbocycles. The van der Waals surface area contributed by atoms with Gasteiger partial charge in [-0.15, -0.1) is 0 Å². The van der Waals surface area contributed by atoms with Gasteiger partial charge in [-0.2, -0.15) is 0 Å². The number of esters is 1. The Morgan fingerprint density at radius 3 is 1.88 bits per heavy atom. The van der Waals surface area contributed by atoms with Gasteiger partial charge in [-0.1, -0.05) is 13.3 Å². The van der Waals surface area contributed by atoms with Crippen LogP contribution in [0, 0.1) is 0 Å². The third kappa shape index (κ3) is 12.9. The lowest BCUT2D eigenvalue weighted by Crippen LogP contribution is -2.32. The number of carbonyl (C=O) groups is 2. The van der Waals surface area contributed by atoms with E-state index in [0.717, 1.165) is 12.8 Å². The van der Waals surface area contributed by atoms with Crippen molar-refractivity contribution in [1.82, 2.24) is 0 Å². The lowest BCUT2D eigenvalue weighted by atomic mass is 10.1. The van der Waals surface area contributed by atoms with Crippen LogP contribution in [0.4, 0.5) is 0 Å². The first-order valence-corrected chi connectivity index (χ1v) is 5.37. The molecule has 5 nitrogen and oxygen atoms in total. The maximum absolute atomic E-state index is 10.6. The lowest BCUT2D eigenvalue weighted by molar-refractivity contribution is -0.161. The van der Waals surface area contributed by atoms with Crippen LogP contribution in [0.25, 0.3) is 0 Å². The zero-order valence-corrected chi connectivity index (χ0v) is 10.4. The molecule has 0 amide bonds. The summed E-state index contributed by atoms with van der Waals surface area (Å²) in [4.78, 5) is 20.4. The van der Waals surface area contributed by atoms with Gasteiger partial charge in [-0.3, -0.25) is 4.79 Å². The van der Waals surface area contributed by atoms with E-state index in [1.165, 1.54) is 13.8 Å². The van der Waals surface area contributed by atoms with E-state index in [0.29, 0.717) is 13.0 Å². The van der Waals surface area contributed by atoms with E-state index in [-0.39, 0.29) is 0 Å². The monoisotopic (exact) mass is 234 g/mol. The Labute approximate surface area is 96.4 Å². The number of ether oxygens (including phenoxy) is 1. The molecule has 0 saturated carbocycles. The fourth-order valence-corrected chi connectivity index (χ4v) is 0.636. The van der Waals surface area contributed by atoms with Crippen LogP contribution in [-0.2, 0) is 14.3 Å². The van der Waals surface area contributed by atoms with Gasteiger partial charge in [0.1, 0.15) is 0 Å². The van der Waals surface area contributed by atoms with Crippen LogP contribution in [0.2, 0.25) is 0 Å². The maximum Gasteiger partial charge on any atom is 0.337 e. The highest BCUT2D eigenvalue weighted by atomic mass is 16.5. The average Bonchev–Trinajstić information content (AvgIpc) is 2.14. The quantitative estimate of drug-likeness (QED) is 0.705. The van der Waals surface area contributed by atoms with Crippen LogP contribution in [0.15, 0.2) is 0 Å². The summed E-state index contributed by atoms with van der Waals surface area (Å²) in [5, 5.41) is 17.0. The Kier molecular flexibility index (Phi) is 9.89. The van der Waals surface area contributed by atoms with Gasteiger partial charge in [0.15, 0.2) is 5.60 Å². The van der Waals surface area contributed by atoms with E-state index in [9.17, 15) is 9.59 Å². The van der Waals surface area contributed by atoms with Gasteiger partial charge in [0.05, 0.1) is 6.61 Å². The summed E-state index contributed by atoms with van der Waals surface area (Å²) in [5.74, 6) is -1.27. The number of hydrogen-bond donors (Lipinski definition) is 2. The second-order valence-electron chi connectivity index (χ2n) is 3.78. The third-order valence-corrected chi connectivity index (χ3v) is 1.52. The standard InChI is InChI=1S/C6H12O3.C5H10O2/c1-4-9-5(7)6(2,3)8;1-2-3-4-5(6)7/h8H,4H2,1-3H3;2-4H2,1H3,(H,6,7). The Morgan fingerprint density at radius 2 is 1.75 bits per heavy atom. The van der Waals surface area contributed by atoms with Gasteiger partial charge in [0.25, 0.3) is 0 Å². The van der Waals surface area contributed by atoms with Crippen LogP contribution in [0.5, 0.6) is 0 Å². The molecule has 0 atom stereocenters. The molecule has 0 radical (unpaired) electrons. The van der Waals surface area contributed by atoms with Crippen molar-refractivity contribution in [2.75, 3.05) is 6.61 Å². The van der Waals surface area contributed by atoms with E-state index in [2.05, 4.69) is 4.74 Å². The van der Waals surface area contributed by atoms with Crippen molar-refractivity contribution in [2.24, 2.45) is 0 Å². The molecule has 0 aliphatic rings. The van der Waals surface area contributed by atoms with E-state index in [4.69, 9.17) is 10.2 Å². The van der Waals surface area contributed by atoms with Crippen molar-refractivity contribution >= 4 is 11.9 Å². The molecule has 0 bridgehead atoms. The number of aliphatic hydroxyl groups is 1. The highest BCUT2D eigenvalue weighted by Crippen LogP contribution is 2.02. The molecule has 0 aliphatic heterocycles. The normalized spacial score (nSPS) is 10.1. The summed E-state index contributed by atoms with van der Waals surface area (Å²) in [6.45, 7) is 6.77. The first-order valence-electron chi connectivity index (χ1n) is 5.37. The Hall–Kier alpha value is -1.10. The molecular weight excluding hydrogens is 212 g/mol. The van der Waals surface area contributed by atoms with Gasteiger partial charge < -0.3 is 14.9 Å².